The van der Waals surface area contributed by atoms with E-state index in [1.807, 2.05) is 48.5 Å². The quantitative estimate of drug-likeness (QED) is 0.426. The van der Waals surface area contributed by atoms with Gasteiger partial charge in [0.25, 0.3) is 0 Å². The molecule has 0 unspecified atom stereocenters. The van der Waals surface area contributed by atoms with Crippen LogP contribution in [0.3, 0.4) is 0 Å². The monoisotopic (exact) mass is 396 g/mol. The minimum absolute atomic E-state index is 0.132. The summed E-state index contributed by atoms with van der Waals surface area (Å²) >= 11 is 0. The van der Waals surface area contributed by atoms with Crippen molar-refractivity contribution >= 4 is 5.78 Å². The van der Waals surface area contributed by atoms with Crippen molar-refractivity contribution in [3.63, 3.8) is 0 Å². The number of benzene rings is 2. The highest BCUT2D eigenvalue weighted by Crippen LogP contribution is 2.29. The molecule has 0 spiro atoms. The van der Waals surface area contributed by atoms with E-state index in [-0.39, 0.29) is 5.78 Å². The first-order valence-corrected chi connectivity index (χ1v) is 9.45. The van der Waals surface area contributed by atoms with Gasteiger partial charge in [-0.25, -0.2) is 0 Å². The molecule has 0 saturated heterocycles. The normalized spacial score (nSPS) is 10.5. The van der Waals surface area contributed by atoms with Crippen molar-refractivity contribution in [3.8, 4) is 34.0 Å². The highest BCUT2D eigenvalue weighted by Gasteiger charge is 2.20. The molecule has 2 aromatic carbocycles. The summed E-state index contributed by atoms with van der Waals surface area (Å²) in [6.45, 7) is 0. The van der Waals surface area contributed by atoms with E-state index in [4.69, 9.17) is 9.47 Å². The van der Waals surface area contributed by atoms with Gasteiger partial charge in [-0.2, -0.15) is 0 Å². The Kier molecular flexibility index (Phi) is 5.52. The summed E-state index contributed by atoms with van der Waals surface area (Å²) < 4.78 is 10.5. The van der Waals surface area contributed by atoms with E-state index in [0.29, 0.717) is 22.5 Å². The van der Waals surface area contributed by atoms with Crippen LogP contribution in [0.25, 0.3) is 22.5 Å². The van der Waals surface area contributed by atoms with E-state index in [1.165, 1.54) is 0 Å². The zero-order chi connectivity index (χ0) is 20.9. The lowest BCUT2D eigenvalue weighted by Crippen LogP contribution is -2.07. The number of carbonyl (C=O) groups excluding carboxylic acids is 1. The summed E-state index contributed by atoms with van der Waals surface area (Å²) in [6.07, 6.45) is 3.37. The fourth-order valence-corrected chi connectivity index (χ4v) is 3.28. The third kappa shape index (κ3) is 3.78. The van der Waals surface area contributed by atoms with Crippen molar-refractivity contribution in [2.45, 2.75) is 0 Å². The van der Waals surface area contributed by atoms with Crippen molar-refractivity contribution < 1.29 is 14.3 Å². The lowest BCUT2D eigenvalue weighted by molar-refractivity contribution is 0.103. The third-order valence-electron chi connectivity index (χ3n) is 4.83. The largest absolute Gasteiger partial charge is 0.497 e. The minimum atomic E-state index is -0.132. The van der Waals surface area contributed by atoms with Crippen LogP contribution in [0, 0.1) is 0 Å². The summed E-state index contributed by atoms with van der Waals surface area (Å²) in [5, 5.41) is 0. The number of nitrogens with zero attached hydrogens (tertiary/aromatic N) is 2. The predicted octanol–water partition coefficient (Wildman–Crippen LogP) is 5.06. The molecule has 30 heavy (non-hydrogen) atoms. The first kappa shape index (κ1) is 19.3. The minimum Gasteiger partial charge on any atom is -0.497 e. The van der Waals surface area contributed by atoms with Crippen LogP contribution in [0.1, 0.15) is 15.9 Å². The third-order valence-corrected chi connectivity index (χ3v) is 4.83. The molecular weight excluding hydrogens is 376 g/mol. The van der Waals surface area contributed by atoms with Crippen molar-refractivity contribution in [1.29, 1.82) is 0 Å². The molecule has 0 atom stereocenters. The molecule has 0 N–H and O–H groups in total. The molecule has 4 aromatic rings. The molecular formula is C25H20N2O3. The number of aromatic nitrogens is 2. The van der Waals surface area contributed by atoms with Crippen LogP contribution in [0.15, 0.2) is 85.2 Å². The number of ketones is 1. The van der Waals surface area contributed by atoms with Crippen molar-refractivity contribution in [1.82, 2.24) is 9.97 Å². The maximum absolute atomic E-state index is 13.6. The van der Waals surface area contributed by atoms with Crippen LogP contribution in [0.2, 0.25) is 0 Å². The summed E-state index contributed by atoms with van der Waals surface area (Å²) in [5.41, 5.74) is 3.96. The molecule has 0 amide bonds. The van der Waals surface area contributed by atoms with Crippen molar-refractivity contribution in [3.05, 3.63) is 96.3 Å². The maximum atomic E-state index is 13.6. The van der Waals surface area contributed by atoms with Crippen LogP contribution in [-0.2, 0) is 0 Å². The number of ether oxygens (including phenoxy) is 2. The van der Waals surface area contributed by atoms with Gasteiger partial charge in [0.15, 0.2) is 5.78 Å². The number of pyridine rings is 2. The average molecular weight is 396 g/mol. The average Bonchev–Trinajstić information content (AvgIpc) is 2.84. The topological polar surface area (TPSA) is 61.3 Å². The first-order valence-electron chi connectivity index (χ1n) is 9.45. The maximum Gasteiger partial charge on any atom is 0.197 e. The second-order valence-electron chi connectivity index (χ2n) is 6.59. The molecule has 0 aliphatic heterocycles. The lowest BCUT2D eigenvalue weighted by Gasteiger charge is -2.12. The van der Waals surface area contributed by atoms with E-state index in [1.54, 1.807) is 50.9 Å². The molecule has 0 bridgehead atoms. The lowest BCUT2D eigenvalue weighted by atomic mass is 9.95. The Bertz CT molecular complexity index is 1080. The zero-order valence-electron chi connectivity index (χ0n) is 16.7. The molecule has 5 nitrogen and oxygen atoms in total. The number of hydrogen-bond acceptors (Lipinski definition) is 5. The van der Waals surface area contributed by atoms with Gasteiger partial charge in [0, 0.05) is 34.6 Å². The number of rotatable bonds is 6. The van der Waals surface area contributed by atoms with Gasteiger partial charge in [0.1, 0.15) is 11.5 Å². The first-order chi connectivity index (χ1) is 14.7. The smallest absolute Gasteiger partial charge is 0.197 e. The summed E-state index contributed by atoms with van der Waals surface area (Å²) in [7, 11) is 3.24. The zero-order valence-corrected chi connectivity index (χ0v) is 16.7. The van der Waals surface area contributed by atoms with E-state index in [0.717, 1.165) is 22.6 Å². The Morgan fingerprint density at radius 1 is 0.633 bits per heavy atom. The summed E-state index contributed by atoms with van der Waals surface area (Å²) in [4.78, 5) is 22.5. The van der Waals surface area contributed by atoms with Crippen LogP contribution >= 0.6 is 0 Å². The Morgan fingerprint density at radius 2 is 1.03 bits per heavy atom. The molecule has 0 aliphatic carbocycles. The van der Waals surface area contributed by atoms with Gasteiger partial charge in [0.05, 0.1) is 25.6 Å². The van der Waals surface area contributed by atoms with Crippen molar-refractivity contribution in [2.24, 2.45) is 0 Å². The number of carbonyl (C=O) groups is 1. The van der Waals surface area contributed by atoms with Gasteiger partial charge >= 0.3 is 0 Å². The molecule has 2 heterocycles. The van der Waals surface area contributed by atoms with E-state index < -0.39 is 0 Å². The molecule has 0 aliphatic rings. The second-order valence-corrected chi connectivity index (χ2v) is 6.59. The van der Waals surface area contributed by atoms with Crippen LogP contribution in [0.4, 0.5) is 0 Å². The van der Waals surface area contributed by atoms with Crippen LogP contribution in [0.5, 0.6) is 11.5 Å². The summed E-state index contributed by atoms with van der Waals surface area (Å²) in [6, 6.07) is 22.1. The molecule has 0 fully saturated rings. The Morgan fingerprint density at radius 3 is 1.40 bits per heavy atom. The molecule has 5 heteroatoms. The Balaban J connectivity index is 1.77. The standard InChI is InChI=1S/C25H20N2O3/c1-29-19-11-7-17(8-12-19)23-21(5-3-15-26-23)25(28)22-6-4-16-27-24(22)18-9-13-20(30-2)14-10-18/h3-16H,1-2H3. The Hall–Kier alpha value is -3.99. The molecule has 2 aromatic heterocycles. The van der Waals surface area contributed by atoms with Crippen molar-refractivity contribution in [2.75, 3.05) is 14.2 Å². The van der Waals surface area contributed by atoms with Gasteiger partial charge in [-0.3, -0.25) is 14.8 Å². The van der Waals surface area contributed by atoms with Gasteiger partial charge in [-0.05, 0) is 72.8 Å². The molecule has 4 rings (SSSR count). The summed E-state index contributed by atoms with van der Waals surface area (Å²) in [5.74, 6) is 1.36. The van der Waals surface area contributed by atoms with Gasteiger partial charge < -0.3 is 9.47 Å². The van der Waals surface area contributed by atoms with E-state index in [2.05, 4.69) is 9.97 Å². The van der Waals surface area contributed by atoms with Crippen LogP contribution in [-0.4, -0.2) is 30.0 Å². The van der Waals surface area contributed by atoms with Gasteiger partial charge in [-0.15, -0.1) is 0 Å². The van der Waals surface area contributed by atoms with E-state index >= 15 is 0 Å². The fourth-order valence-electron chi connectivity index (χ4n) is 3.28. The second kappa shape index (κ2) is 8.57. The highest BCUT2D eigenvalue weighted by molar-refractivity contribution is 6.15. The van der Waals surface area contributed by atoms with Gasteiger partial charge in [0.2, 0.25) is 0 Å². The molecule has 148 valence electrons. The fraction of sp³-hybridized carbons (Fsp3) is 0.0800. The number of methoxy groups -OCH3 is 2. The highest BCUT2D eigenvalue weighted by atomic mass is 16.5. The van der Waals surface area contributed by atoms with E-state index in [9.17, 15) is 4.79 Å². The molecule has 0 saturated carbocycles. The predicted molar refractivity (Wildman–Crippen MR) is 116 cm³/mol. The molecule has 0 radical (unpaired) electrons. The number of hydrogen-bond donors (Lipinski definition) is 0. The van der Waals surface area contributed by atoms with Crippen LogP contribution < -0.4 is 9.47 Å². The van der Waals surface area contributed by atoms with Gasteiger partial charge in [-0.1, -0.05) is 0 Å². The Labute approximate surface area is 175 Å². The SMILES string of the molecule is COc1ccc(-c2ncccc2C(=O)c2cccnc2-c2ccc(OC)cc2)cc1.